The number of hydrogen-bond acceptors (Lipinski definition) is 6. The lowest BCUT2D eigenvalue weighted by Crippen LogP contribution is -2.30. The number of aromatic nitrogens is 5. The van der Waals surface area contributed by atoms with Crippen molar-refractivity contribution in [1.82, 2.24) is 25.0 Å². The quantitative estimate of drug-likeness (QED) is 0.517. The van der Waals surface area contributed by atoms with Gasteiger partial charge in [0.15, 0.2) is 0 Å². The SMILES string of the molecule is O=c1c(C2CCCCC2)cc(-c2nnc(C(F)F)o2)nn1Cc1ncccc1C(F)(F)F. The van der Waals surface area contributed by atoms with E-state index >= 15 is 0 Å². The van der Waals surface area contributed by atoms with Crippen LogP contribution < -0.4 is 5.56 Å². The van der Waals surface area contributed by atoms with Gasteiger partial charge in [0.2, 0.25) is 0 Å². The molecular formula is C20H18F5N5O2. The van der Waals surface area contributed by atoms with Crippen LogP contribution >= 0.6 is 0 Å². The molecule has 0 bridgehead atoms. The summed E-state index contributed by atoms with van der Waals surface area (Å²) in [7, 11) is 0. The van der Waals surface area contributed by atoms with E-state index in [2.05, 4.69) is 20.3 Å². The maximum atomic E-state index is 13.4. The lowest BCUT2D eigenvalue weighted by molar-refractivity contribution is -0.138. The summed E-state index contributed by atoms with van der Waals surface area (Å²) in [4.78, 5) is 16.9. The molecule has 0 aliphatic heterocycles. The number of halogens is 5. The van der Waals surface area contributed by atoms with E-state index in [1.54, 1.807) is 0 Å². The first-order valence-electron chi connectivity index (χ1n) is 9.99. The van der Waals surface area contributed by atoms with Gasteiger partial charge in [-0.2, -0.15) is 27.1 Å². The standard InChI is InChI=1S/C20H18F5N5O2/c21-16(22)18-28-27-17(32-18)14-9-12(11-5-2-1-3-6-11)19(31)30(29-14)10-15-13(20(23,24)25)7-4-8-26-15/h4,7-9,11,16H,1-3,5-6,10H2. The topological polar surface area (TPSA) is 86.7 Å². The van der Waals surface area contributed by atoms with E-state index in [0.29, 0.717) is 5.56 Å². The Labute approximate surface area is 178 Å². The van der Waals surface area contributed by atoms with E-state index in [-0.39, 0.29) is 23.2 Å². The summed E-state index contributed by atoms with van der Waals surface area (Å²) < 4.78 is 71.7. The Balaban J connectivity index is 1.82. The van der Waals surface area contributed by atoms with Crippen molar-refractivity contribution in [2.45, 2.75) is 57.2 Å². The van der Waals surface area contributed by atoms with Gasteiger partial charge in [0.25, 0.3) is 17.3 Å². The van der Waals surface area contributed by atoms with Gasteiger partial charge in [-0.25, -0.2) is 4.68 Å². The minimum Gasteiger partial charge on any atom is -0.413 e. The fourth-order valence-corrected chi connectivity index (χ4v) is 3.87. The summed E-state index contributed by atoms with van der Waals surface area (Å²) >= 11 is 0. The average Bonchev–Trinajstić information content (AvgIpc) is 3.26. The third-order valence-corrected chi connectivity index (χ3v) is 5.39. The first-order valence-corrected chi connectivity index (χ1v) is 9.99. The zero-order chi connectivity index (χ0) is 22.9. The third kappa shape index (κ3) is 4.53. The lowest BCUT2D eigenvalue weighted by Gasteiger charge is -2.22. The monoisotopic (exact) mass is 455 g/mol. The molecule has 1 aliphatic carbocycles. The van der Waals surface area contributed by atoms with Crippen LogP contribution in [0.15, 0.2) is 33.6 Å². The smallest absolute Gasteiger partial charge is 0.413 e. The zero-order valence-electron chi connectivity index (χ0n) is 16.6. The molecule has 0 spiro atoms. The van der Waals surface area contributed by atoms with Gasteiger partial charge >= 0.3 is 12.6 Å². The molecule has 3 heterocycles. The molecule has 0 saturated heterocycles. The minimum atomic E-state index is -4.67. The molecule has 170 valence electrons. The zero-order valence-corrected chi connectivity index (χ0v) is 16.6. The van der Waals surface area contributed by atoms with Crippen molar-refractivity contribution in [3.8, 4) is 11.6 Å². The molecule has 3 aromatic rings. The van der Waals surface area contributed by atoms with Crippen molar-refractivity contribution in [3.63, 3.8) is 0 Å². The molecule has 1 saturated carbocycles. The van der Waals surface area contributed by atoms with Crippen LogP contribution in [-0.2, 0) is 12.7 Å². The van der Waals surface area contributed by atoms with Crippen LogP contribution in [-0.4, -0.2) is 25.0 Å². The highest BCUT2D eigenvalue weighted by atomic mass is 19.4. The van der Waals surface area contributed by atoms with Crippen LogP contribution in [0.5, 0.6) is 0 Å². The summed E-state index contributed by atoms with van der Waals surface area (Å²) in [5.74, 6) is -1.39. The van der Waals surface area contributed by atoms with Crippen molar-refractivity contribution >= 4 is 0 Å². The molecule has 0 amide bonds. The Kier molecular flexibility index (Phi) is 6.02. The van der Waals surface area contributed by atoms with E-state index < -0.39 is 36.2 Å². The molecule has 7 nitrogen and oxygen atoms in total. The second-order valence-corrected chi connectivity index (χ2v) is 7.52. The number of alkyl halides is 5. The van der Waals surface area contributed by atoms with Crippen molar-refractivity contribution < 1.29 is 26.4 Å². The van der Waals surface area contributed by atoms with Crippen molar-refractivity contribution in [2.24, 2.45) is 0 Å². The Hall–Kier alpha value is -3.18. The Morgan fingerprint density at radius 2 is 1.91 bits per heavy atom. The van der Waals surface area contributed by atoms with Crippen LogP contribution in [0.2, 0.25) is 0 Å². The number of pyridine rings is 1. The van der Waals surface area contributed by atoms with Gasteiger partial charge in [0, 0.05) is 11.8 Å². The second kappa shape index (κ2) is 8.75. The highest BCUT2D eigenvalue weighted by Gasteiger charge is 2.34. The molecule has 0 radical (unpaired) electrons. The first kappa shape index (κ1) is 22.0. The predicted octanol–water partition coefficient (Wildman–Crippen LogP) is 4.74. The summed E-state index contributed by atoms with van der Waals surface area (Å²) in [6.07, 6.45) is -2.21. The van der Waals surface area contributed by atoms with Crippen LogP contribution in [0, 0.1) is 0 Å². The molecule has 0 aromatic carbocycles. The fourth-order valence-electron chi connectivity index (χ4n) is 3.87. The number of rotatable bonds is 5. The minimum absolute atomic E-state index is 0.0611. The van der Waals surface area contributed by atoms with Crippen LogP contribution in [0.4, 0.5) is 22.0 Å². The van der Waals surface area contributed by atoms with Crippen molar-refractivity contribution in [1.29, 1.82) is 0 Å². The van der Waals surface area contributed by atoms with Crippen LogP contribution in [0.3, 0.4) is 0 Å². The molecule has 12 heteroatoms. The second-order valence-electron chi connectivity index (χ2n) is 7.52. The van der Waals surface area contributed by atoms with Gasteiger partial charge < -0.3 is 4.42 Å². The number of hydrogen-bond donors (Lipinski definition) is 0. The molecule has 3 aromatic heterocycles. The fraction of sp³-hybridized carbons (Fsp3) is 0.450. The molecular weight excluding hydrogens is 437 g/mol. The highest BCUT2D eigenvalue weighted by molar-refractivity contribution is 5.47. The largest absolute Gasteiger partial charge is 0.418 e. The van der Waals surface area contributed by atoms with Crippen molar-refractivity contribution in [3.05, 3.63) is 57.5 Å². The molecule has 0 unspecified atom stereocenters. The average molecular weight is 455 g/mol. The normalized spacial score (nSPS) is 15.4. The van der Waals surface area contributed by atoms with E-state index in [1.165, 1.54) is 12.3 Å². The van der Waals surface area contributed by atoms with Crippen LogP contribution in [0.1, 0.15) is 67.2 Å². The summed E-state index contributed by atoms with van der Waals surface area (Å²) in [5, 5.41) is 10.9. The first-order chi connectivity index (χ1) is 15.2. The maximum Gasteiger partial charge on any atom is 0.418 e. The van der Waals surface area contributed by atoms with Gasteiger partial charge in [-0.3, -0.25) is 9.78 Å². The van der Waals surface area contributed by atoms with Gasteiger partial charge in [0.05, 0.1) is 17.8 Å². The van der Waals surface area contributed by atoms with Crippen molar-refractivity contribution in [2.75, 3.05) is 0 Å². The molecule has 0 N–H and O–H groups in total. The summed E-state index contributed by atoms with van der Waals surface area (Å²) in [6.45, 7) is -0.558. The van der Waals surface area contributed by atoms with E-state index in [0.717, 1.165) is 48.9 Å². The molecule has 1 fully saturated rings. The number of nitrogens with zero attached hydrogens (tertiary/aromatic N) is 5. The third-order valence-electron chi connectivity index (χ3n) is 5.39. The lowest BCUT2D eigenvalue weighted by atomic mass is 9.84. The Bertz CT molecular complexity index is 1150. The van der Waals surface area contributed by atoms with Gasteiger partial charge in [-0.15, -0.1) is 10.2 Å². The predicted molar refractivity (Wildman–Crippen MR) is 101 cm³/mol. The van der Waals surface area contributed by atoms with Crippen LogP contribution in [0.25, 0.3) is 11.6 Å². The molecule has 4 rings (SSSR count). The Morgan fingerprint density at radius 1 is 1.16 bits per heavy atom. The maximum absolute atomic E-state index is 13.4. The highest BCUT2D eigenvalue weighted by Crippen LogP contribution is 2.33. The van der Waals surface area contributed by atoms with Gasteiger partial charge in [0.1, 0.15) is 5.69 Å². The Morgan fingerprint density at radius 3 is 2.56 bits per heavy atom. The van der Waals surface area contributed by atoms with Gasteiger partial charge in [-0.1, -0.05) is 19.3 Å². The summed E-state index contributed by atoms with van der Waals surface area (Å²) in [5.41, 5.74) is -1.67. The molecule has 32 heavy (non-hydrogen) atoms. The molecule has 1 aliphatic rings. The van der Waals surface area contributed by atoms with E-state index in [9.17, 15) is 26.7 Å². The van der Waals surface area contributed by atoms with E-state index in [1.807, 2.05) is 0 Å². The molecule has 0 atom stereocenters. The van der Waals surface area contributed by atoms with Gasteiger partial charge in [-0.05, 0) is 37.0 Å². The summed E-state index contributed by atoms with van der Waals surface area (Å²) in [6, 6.07) is 3.42. The van der Waals surface area contributed by atoms with E-state index in [4.69, 9.17) is 4.42 Å².